The quantitative estimate of drug-likeness (QED) is 0.869. The standard InChI is InChI=1S/C19H27N3O2/c20-15-16-5-1-2-6-18(16)21-17-8-10-22(11-9-17)12-14-24-19-7-3-4-13-23-19/h1-2,5-6,17,19,21H,3-4,7-14H2. The smallest absolute Gasteiger partial charge is 0.157 e. The number of nitrogens with one attached hydrogen (secondary N) is 1. The largest absolute Gasteiger partial charge is 0.381 e. The third-order valence-corrected chi connectivity index (χ3v) is 4.84. The van der Waals surface area contributed by atoms with E-state index in [1.54, 1.807) is 0 Å². The van der Waals surface area contributed by atoms with E-state index in [0.29, 0.717) is 6.04 Å². The summed E-state index contributed by atoms with van der Waals surface area (Å²) in [6.45, 7) is 4.70. The van der Waals surface area contributed by atoms with Crippen LogP contribution in [-0.4, -0.2) is 50.1 Å². The molecule has 2 fully saturated rings. The predicted octanol–water partition coefficient (Wildman–Crippen LogP) is 2.98. The fourth-order valence-electron chi connectivity index (χ4n) is 3.38. The molecule has 0 spiro atoms. The number of rotatable bonds is 6. The molecule has 1 atom stereocenters. The zero-order valence-corrected chi connectivity index (χ0v) is 14.2. The first-order chi connectivity index (χ1) is 11.8. The van der Waals surface area contributed by atoms with Crippen molar-refractivity contribution in [3.8, 4) is 6.07 Å². The Bertz CT molecular complexity index is 544. The Hall–Kier alpha value is -1.61. The first kappa shape index (κ1) is 17.2. The van der Waals surface area contributed by atoms with E-state index in [1.165, 1.54) is 6.42 Å². The van der Waals surface area contributed by atoms with Crippen molar-refractivity contribution >= 4 is 5.69 Å². The van der Waals surface area contributed by atoms with Gasteiger partial charge in [-0.15, -0.1) is 0 Å². The molecule has 5 heteroatoms. The summed E-state index contributed by atoms with van der Waals surface area (Å²) >= 11 is 0. The van der Waals surface area contributed by atoms with E-state index in [1.807, 2.05) is 24.3 Å². The Morgan fingerprint density at radius 3 is 2.79 bits per heavy atom. The molecule has 0 saturated carbocycles. The van der Waals surface area contributed by atoms with E-state index in [9.17, 15) is 5.26 Å². The number of anilines is 1. The SMILES string of the molecule is N#Cc1ccccc1NC1CCN(CCOC2CCCCO2)CC1. The first-order valence-electron chi connectivity index (χ1n) is 9.06. The molecule has 3 rings (SSSR count). The maximum atomic E-state index is 9.17. The van der Waals surface area contributed by atoms with Gasteiger partial charge in [0.25, 0.3) is 0 Å². The van der Waals surface area contributed by atoms with Crippen molar-refractivity contribution in [2.24, 2.45) is 0 Å². The highest BCUT2D eigenvalue weighted by Gasteiger charge is 2.20. The van der Waals surface area contributed by atoms with Gasteiger partial charge in [0.2, 0.25) is 0 Å². The third kappa shape index (κ3) is 4.94. The van der Waals surface area contributed by atoms with Crippen LogP contribution in [0.3, 0.4) is 0 Å². The normalized spacial score (nSPS) is 22.9. The number of para-hydroxylation sites is 1. The molecule has 5 nitrogen and oxygen atoms in total. The van der Waals surface area contributed by atoms with Gasteiger partial charge in [-0.25, -0.2) is 0 Å². The molecule has 1 unspecified atom stereocenters. The van der Waals surface area contributed by atoms with E-state index >= 15 is 0 Å². The summed E-state index contributed by atoms with van der Waals surface area (Å²) < 4.78 is 11.4. The zero-order valence-electron chi connectivity index (χ0n) is 14.2. The predicted molar refractivity (Wildman–Crippen MR) is 93.8 cm³/mol. The molecule has 0 radical (unpaired) electrons. The van der Waals surface area contributed by atoms with Crippen molar-refractivity contribution in [2.45, 2.75) is 44.4 Å². The molecular weight excluding hydrogens is 302 g/mol. The van der Waals surface area contributed by atoms with Gasteiger partial charge in [0.1, 0.15) is 6.07 Å². The van der Waals surface area contributed by atoms with Gasteiger partial charge in [-0.3, -0.25) is 0 Å². The number of nitriles is 1. The number of hydrogen-bond donors (Lipinski definition) is 1. The van der Waals surface area contributed by atoms with E-state index in [0.717, 1.165) is 69.8 Å². The molecule has 130 valence electrons. The zero-order chi connectivity index (χ0) is 16.6. The van der Waals surface area contributed by atoms with Gasteiger partial charge in [0, 0.05) is 32.3 Å². The maximum absolute atomic E-state index is 9.17. The summed E-state index contributed by atoms with van der Waals surface area (Å²) in [6.07, 6.45) is 5.62. The minimum absolute atomic E-state index is 0.0143. The molecule has 0 aromatic heterocycles. The number of hydrogen-bond acceptors (Lipinski definition) is 5. The molecule has 0 aliphatic carbocycles. The molecule has 24 heavy (non-hydrogen) atoms. The highest BCUT2D eigenvalue weighted by molar-refractivity contribution is 5.57. The molecule has 0 amide bonds. The van der Waals surface area contributed by atoms with E-state index < -0.39 is 0 Å². The summed E-state index contributed by atoms with van der Waals surface area (Å²) in [4.78, 5) is 2.46. The summed E-state index contributed by atoms with van der Waals surface area (Å²) in [5.41, 5.74) is 1.68. The highest BCUT2D eigenvalue weighted by atomic mass is 16.7. The molecule has 1 N–H and O–H groups in total. The maximum Gasteiger partial charge on any atom is 0.157 e. The lowest BCUT2D eigenvalue weighted by molar-refractivity contribution is -0.164. The van der Waals surface area contributed by atoms with Crippen LogP contribution in [-0.2, 0) is 9.47 Å². The van der Waals surface area contributed by atoms with Crippen molar-refractivity contribution in [1.29, 1.82) is 5.26 Å². The van der Waals surface area contributed by atoms with Gasteiger partial charge >= 0.3 is 0 Å². The average Bonchev–Trinajstić information content (AvgIpc) is 2.64. The second kappa shape index (κ2) is 9.03. The Morgan fingerprint density at radius 1 is 1.21 bits per heavy atom. The van der Waals surface area contributed by atoms with Crippen LogP contribution in [0.15, 0.2) is 24.3 Å². The number of likely N-dealkylation sites (tertiary alicyclic amines) is 1. The van der Waals surface area contributed by atoms with Crippen LogP contribution in [0.25, 0.3) is 0 Å². The topological polar surface area (TPSA) is 57.5 Å². The van der Waals surface area contributed by atoms with Crippen LogP contribution in [0.5, 0.6) is 0 Å². The lowest BCUT2D eigenvalue weighted by Gasteiger charge is -2.33. The molecular formula is C19H27N3O2. The van der Waals surface area contributed by atoms with E-state index in [2.05, 4.69) is 16.3 Å². The minimum Gasteiger partial charge on any atom is -0.381 e. The van der Waals surface area contributed by atoms with Gasteiger partial charge in [-0.2, -0.15) is 5.26 Å². The van der Waals surface area contributed by atoms with Crippen molar-refractivity contribution in [2.75, 3.05) is 38.2 Å². The van der Waals surface area contributed by atoms with Crippen LogP contribution in [0.2, 0.25) is 0 Å². The second-order valence-electron chi connectivity index (χ2n) is 6.58. The summed E-state index contributed by atoms with van der Waals surface area (Å²) in [5.74, 6) is 0. The number of piperidine rings is 1. The second-order valence-corrected chi connectivity index (χ2v) is 6.58. The first-order valence-corrected chi connectivity index (χ1v) is 9.06. The van der Waals surface area contributed by atoms with Crippen LogP contribution in [0, 0.1) is 11.3 Å². The van der Waals surface area contributed by atoms with Crippen molar-refractivity contribution in [3.05, 3.63) is 29.8 Å². The Kier molecular flexibility index (Phi) is 6.48. The van der Waals surface area contributed by atoms with Crippen molar-refractivity contribution < 1.29 is 9.47 Å². The number of ether oxygens (including phenoxy) is 2. The molecule has 1 aromatic carbocycles. The molecule has 1 aromatic rings. The van der Waals surface area contributed by atoms with Crippen LogP contribution < -0.4 is 5.32 Å². The lowest BCUT2D eigenvalue weighted by Crippen LogP contribution is -2.41. The Labute approximate surface area is 144 Å². The molecule has 2 saturated heterocycles. The van der Waals surface area contributed by atoms with Crippen molar-refractivity contribution in [1.82, 2.24) is 4.90 Å². The Balaban J connectivity index is 1.36. The Morgan fingerprint density at radius 2 is 2.04 bits per heavy atom. The lowest BCUT2D eigenvalue weighted by atomic mass is 10.0. The van der Waals surface area contributed by atoms with Gasteiger partial charge in [0.05, 0.1) is 17.9 Å². The fourth-order valence-corrected chi connectivity index (χ4v) is 3.38. The highest BCUT2D eigenvalue weighted by Crippen LogP contribution is 2.20. The fraction of sp³-hybridized carbons (Fsp3) is 0.632. The van der Waals surface area contributed by atoms with E-state index in [-0.39, 0.29) is 6.29 Å². The van der Waals surface area contributed by atoms with Crippen LogP contribution >= 0.6 is 0 Å². The summed E-state index contributed by atoms with van der Waals surface area (Å²) in [6, 6.07) is 10.4. The molecule has 2 heterocycles. The van der Waals surface area contributed by atoms with Gasteiger partial charge in [0.15, 0.2) is 6.29 Å². The number of benzene rings is 1. The average molecular weight is 329 g/mol. The molecule has 2 aliphatic rings. The van der Waals surface area contributed by atoms with Gasteiger partial charge < -0.3 is 19.7 Å². The van der Waals surface area contributed by atoms with Crippen LogP contribution in [0.1, 0.15) is 37.7 Å². The molecule has 2 aliphatic heterocycles. The third-order valence-electron chi connectivity index (χ3n) is 4.84. The van der Waals surface area contributed by atoms with Crippen LogP contribution in [0.4, 0.5) is 5.69 Å². The van der Waals surface area contributed by atoms with Gasteiger partial charge in [-0.05, 0) is 44.2 Å². The van der Waals surface area contributed by atoms with E-state index in [4.69, 9.17) is 9.47 Å². The monoisotopic (exact) mass is 329 g/mol. The minimum atomic E-state index is 0.0143. The van der Waals surface area contributed by atoms with Gasteiger partial charge in [-0.1, -0.05) is 12.1 Å². The number of nitrogens with zero attached hydrogens (tertiary/aromatic N) is 2. The molecule has 0 bridgehead atoms. The summed E-state index contributed by atoms with van der Waals surface area (Å²) in [7, 11) is 0. The van der Waals surface area contributed by atoms with Crippen molar-refractivity contribution in [3.63, 3.8) is 0 Å². The summed E-state index contributed by atoms with van der Waals surface area (Å²) in [5, 5.41) is 12.7.